The lowest BCUT2D eigenvalue weighted by Gasteiger charge is -2.03. The van der Waals surface area contributed by atoms with Gasteiger partial charge in [0.05, 0.1) is 5.02 Å². The Hall–Kier alpha value is 0.390. The van der Waals surface area contributed by atoms with Crippen molar-refractivity contribution in [3.63, 3.8) is 0 Å². The normalized spacial score (nSPS) is 10.1. The predicted octanol–water partition coefficient (Wildman–Crippen LogP) is 3.91. The van der Waals surface area contributed by atoms with Crippen LogP contribution >= 0.6 is 50.1 Å². The Morgan fingerprint density at radius 3 is 2.85 bits per heavy atom. The fraction of sp³-hybridized carbons (Fsp3) is 0.222. The highest BCUT2D eigenvalue weighted by atomic mass is 127. The zero-order chi connectivity index (χ0) is 9.84. The highest BCUT2D eigenvalue weighted by Crippen LogP contribution is 2.23. The largest absolute Gasteiger partial charge is 0.294 e. The van der Waals surface area contributed by atoms with Crippen molar-refractivity contribution in [1.82, 2.24) is 0 Å². The minimum Gasteiger partial charge on any atom is -0.294 e. The lowest BCUT2D eigenvalue weighted by Crippen LogP contribution is -2.02. The number of benzene rings is 1. The quantitative estimate of drug-likeness (QED) is 0.446. The summed E-state index contributed by atoms with van der Waals surface area (Å²) in [5.41, 5.74) is 0.715. The van der Waals surface area contributed by atoms with Crippen molar-refractivity contribution in [2.24, 2.45) is 0 Å². The molecule has 0 radical (unpaired) electrons. The molecule has 0 fully saturated rings. The Labute approximate surface area is 104 Å². The average Bonchev–Trinajstić information content (AvgIpc) is 2.10. The van der Waals surface area contributed by atoms with Gasteiger partial charge in [-0.3, -0.25) is 4.79 Å². The van der Waals surface area contributed by atoms with E-state index in [1.54, 1.807) is 18.2 Å². The number of rotatable bonds is 3. The maximum absolute atomic E-state index is 11.5. The molecule has 1 nitrogen and oxygen atoms in total. The fourth-order valence-electron chi connectivity index (χ4n) is 0.940. The third-order valence-electron chi connectivity index (χ3n) is 1.57. The van der Waals surface area contributed by atoms with Crippen LogP contribution in [0.25, 0.3) is 0 Å². The van der Waals surface area contributed by atoms with Crippen molar-refractivity contribution in [2.45, 2.75) is 6.42 Å². The Kier molecular flexibility index (Phi) is 4.69. The predicted molar refractivity (Wildman–Crippen MR) is 66.9 cm³/mol. The van der Waals surface area contributed by atoms with Gasteiger partial charge in [-0.1, -0.05) is 39.7 Å². The molecule has 0 saturated carbocycles. The Morgan fingerprint density at radius 1 is 1.54 bits per heavy atom. The molecule has 0 aromatic heterocycles. The fourth-order valence-corrected chi connectivity index (χ4v) is 2.13. The molecule has 0 N–H and O–H groups in total. The van der Waals surface area contributed by atoms with Gasteiger partial charge in [0.1, 0.15) is 0 Å². The molecule has 0 aliphatic rings. The maximum atomic E-state index is 11.5. The van der Waals surface area contributed by atoms with Gasteiger partial charge in [-0.15, -0.1) is 0 Å². The lowest BCUT2D eigenvalue weighted by atomic mass is 10.1. The first-order valence-electron chi connectivity index (χ1n) is 3.70. The van der Waals surface area contributed by atoms with E-state index >= 15 is 0 Å². The maximum Gasteiger partial charge on any atom is 0.164 e. The summed E-state index contributed by atoms with van der Waals surface area (Å²) >= 11 is 11.2. The van der Waals surface area contributed by atoms with E-state index in [0.29, 0.717) is 22.3 Å². The van der Waals surface area contributed by atoms with Gasteiger partial charge in [-0.2, -0.15) is 0 Å². The smallest absolute Gasteiger partial charge is 0.164 e. The van der Waals surface area contributed by atoms with Crippen LogP contribution in [-0.4, -0.2) is 11.1 Å². The molecule has 0 unspecified atom stereocenters. The van der Waals surface area contributed by atoms with Crippen LogP contribution in [0.15, 0.2) is 18.2 Å². The SMILES string of the molecule is O=C(CCBr)c1cccc(Cl)c1I. The minimum absolute atomic E-state index is 0.128. The summed E-state index contributed by atoms with van der Waals surface area (Å²) in [6.45, 7) is 0. The van der Waals surface area contributed by atoms with E-state index in [1.807, 2.05) is 0 Å². The van der Waals surface area contributed by atoms with Gasteiger partial charge >= 0.3 is 0 Å². The van der Waals surface area contributed by atoms with Crippen molar-refractivity contribution in [3.8, 4) is 0 Å². The van der Waals surface area contributed by atoms with Gasteiger partial charge in [0.2, 0.25) is 0 Å². The molecule has 0 bridgehead atoms. The van der Waals surface area contributed by atoms with Crippen LogP contribution in [-0.2, 0) is 0 Å². The molecular weight excluding hydrogens is 366 g/mol. The van der Waals surface area contributed by atoms with E-state index < -0.39 is 0 Å². The molecule has 4 heteroatoms. The van der Waals surface area contributed by atoms with Crippen molar-refractivity contribution in [2.75, 3.05) is 5.33 Å². The van der Waals surface area contributed by atoms with E-state index in [-0.39, 0.29) is 5.78 Å². The second-order valence-electron chi connectivity index (χ2n) is 2.46. The average molecular weight is 373 g/mol. The molecule has 0 atom stereocenters. The summed E-state index contributed by atoms with van der Waals surface area (Å²) in [4.78, 5) is 11.5. The summed E-state index contributed by atoms with van der Waals surface area (Å²) in [7, 11) is 0. The number of alkyl halides is 1. The minimum atomic E-state index is 0.128. The van der Waals surface area contributed by atoms with E-state index in [2.05, 4.69) is 38.5 Å². The van der Waals surface area contributed by atoms with E-state index in [9.17, 15) is 4.79 Å². The number of hydrogen-bond acceptors (Lipinski definition) is 1. The molecule has 0 saturated heterocycles. The summed E-state index contributed by atoms with van der Waals surface area (Å²) in [5, 5.41) is 1.33. The Balaban J connectivity index is 3.01. The van der Waals surface area contributed by atoms with E-state index in [0.717, 1.165) is 3.57 Å². The molecule has 13 heavy (non-hydrogen) atoms. The van der Waals surface area contributed by atoms with Gasteiger partial charge in [-0.25, -0.2) is 0 Å². The lowest BCUT2D eigenvalue weighted by molar-refractivity contribution is 0.0989. The topological polar surface area (TPSA) is 17.1 Å². The zero-order valence-electron chi connectivity index (χ0n) is 6.69. The van der Waals surface area contributed by atoms with Crippen molar-refractivity contribution >= 4 is 55.9 Å². The molecular formula is C9H7BrClIO. The number of carbonyl (C=O) groups is 1. The van der Waals surface area contributed by atoms with Gasteiger partial charge in [0, 0.05) is 20.9 Å². The first-order chi connectivity index (χ1) is 6.16. The van der Waals surface area contributed by atoms with Crippen LogP contribution < -0.4 is 0 Å². The molecule has 0 heterocycles. The molecule has 1 rings (SSSR count). The van der Waals surface area contributed by atoms with Crippen molar-refractivity contribution < 1.29 is 4.79 Å². The second kappa shape index (κ2) is 5.32. The van der Waals surface area contributed by atoms with Crippen LogP contribution in [0.2, 0.25) is 5.02 Å². The number of carbonyl (C=O) groups excluding carboxylic acids is 1. The number of hydrogen-bond donors (Lipinski definition) is 0. The van der Waals surface area contributed by atoms with Gasteiger partial charge in [0.25, 0.3) is 0 Å². The molecule has 1 aromatic rings. The summed E-state index contributed by atoms with van der Waals surface area (Å²) in [6.07, 6.45) is 0.510. The third-order valence-corrected chi connectivity index (χ3v) is 3.77. The molecule has 0 aliphatic heterocycles. The summed E-state index contributed by atoms with van der Waals surface area (Å²) in [5.74, 6) is 0.128. The number of Topliss-reactive ketones (excluding diaryl/α,β-unsaturated/α-hetero) is 1. The summed E-state index contributed by atoms with van der Waals surface area (Å²) in [6, 6.07) is 5.39. The number of halogens is 3. The molecule has 0 aliphatic carbocycles. The summed E-state index contributed by atoms with van der Waals surface area (Å²) < 4.78 is 0.840. The number of ketones is 1. The van der Waals surface area contributed by atoms with Crippen LogP contribution in [0.4, 0.5) is 0 Å². The second-order valence-corrected chi connectivity index (χ2v) is 4.74. The van der Waals surface area contributed by atoms with Crippen LogP contribution in [0, 0.1) is 3.57 Å². The van der Waals surface area contributed by atoms with Crippen LogP contribution in [0.5, 0.6) is 0 Å². The first-order valence-corrected chi connectivity index (χ1v) is 6.28. The van der Waals surface area contributed by atoms with Crippen LogP contribution in [0.1, 0.15) is 16.8 Å². The highest BCUT2D eigenvalue weighted by molar-refractivity contribution is 14.1. The van der Waals surface area contributed by atoms with Crippen LogP contribution in [0.3, 0.4) is 0 Å². The molecule has 1 aromatic carbocycles. The van der Waals surface area contributed by atoms with Gasteiger partial charge in [-0.05, 0) is 28.7 Å². The standard InChI is InChI=1S/C9H7BrClIO/c10-5-4-8(13)6-2-1-3-7(11)9(6)12/h1-3H,4-5H2. The van der Waals surface area contributed by atoms with Crippen molar-refractivity contribution in [3.05, 3.63) is 32.4 Å². The molecule has 0 amide bonds. The Morgan fingerprint density at radius 2 is 2.23 bits per heavy atom. The highest BCUT2D eigenvalue weighted by Gasteiger charge is 2.10. The van der Waals surface area contributed by atoms with E-state index in [4.69, 9.17) is 11.6 Å². The third kappa shape index (κ3) is 2.92. The molecule has 70 valence electrons. The van der Waals surface area contributed by atoms with Gasteiger partial charge in [0.15, 0.2) is 5.78 Å². The van der Waals surface area contributed by atoms with E-state index in [1.165, 1.54) is 0 Å². The van der Waals surface area contributed by atoms with Gasteiger partial charge < -0.3 is 0 Å². The Bertz CT molecular complexity index is 327. The first kappa shape index (κ1) is 11.5. The zero-order valence-corrected chi connectivity index (χ0v) is 11.2. The monoisotopic (exact) mass is 372 g/mol. The van der Waals surface area contributed by atoms with Crippen molar-refractivity contribution in [1.29, 1.82) is 0 Å². The molecule has 0 spiro atoms.